The van der Waals surface area contributed by atoms with E-state index < -0.39 is 41.4 Å². The minimum atomic E-state index is -1.47. The number of amides is 3. The maximum atomic E-state index is 13.3. The van der Waals surface area contributed by atoms with E-state index in [0.29, 0.717) is 12.0 Å². The molecule has 1 aromatic heterocycles. The van der Waals surface area contributed by atoms with Gasteiger partial charge in [-0.3, -0.25) is 19.4 Å². The lowest BCUT2D eigenvalue weighted by molar-refractivity contribution is -0.133. The topological polar surface area (TPSA) is 120 Å². The zero-order valence-corrected chi connectivity index (χ0v) is 20.5. The Morgan fingerprint density at radius 3 is 2.21 bits per heavy atom. The Morgan fingerprint density at radius 2 is 1.65 bits per heavy atom. The van der Waals surface area contributed by atoms with E-state index in [0.717, 1.165) is 5.56 Å². The van der Waals surface area contributed by atoms with E-state index in [4.69, 9.17) is 0 Å². The molecule has 0 spiro atoms. The van der Waals surface area contributed by atoms with Crippen LogP contribution in [0.4, 0.5) is 0 Å². The number of benzene rings is 1. The monoisotopic (exact) mass is 468 g/mol. The van der Waals surface area contributed by atoms with Crippen LogP contribution in [0.3, 0.4) is 0 Å². The third-order valence-corrected chi connectivity index (χ3v) is 5.03. The molecule has 1 heterocycles. The van der Waals surface area contributed by atoms with Crippen LogP contribution in [0, 0.1) is 5.92 Å². The van der Waals surface area contributed by atoms with Crippen molar-refractivity contribution < 1.29 is 19.5 Å². The van der Waals surface area contributed by atoms with Crippen molar-refractivity contribution in [3.8, 4) is 0 Å². The Kier molecular flexibility index (Phi) is 9.74. The number of aliphatic hydroxyl groups excluding tert-OH is 1. The molecule has 0 aliphatic rings. The quantitative estimate of drug-likeness (QED) is 0.426. The number of rotatable bonds is 10. The molecule has 3 unspecified atom stereocenters. The highest BCUT2D eigenvalue weighted by atomic mass is 16.3. The molecule has 0 aliphatic heterocycles. The van der Waals surface area contributed by atoms with Crippen molar-refractivity contribution in [1.82, 2.24) is 20.9 Å². The molecule has 34 heavy (non-hydrogen) atoms. The van der Waals surface area contributed by atoms with Gasteiger partial charge in [0.2, 0.25) is 5.91 Å². The molecule has 4 N–H and O–H groups in total. The first-order valence-electron chi connectivity index (χ1n) is 11.5. The summed E-state index contributed by atoms with van der Waals surface area (Å²) in [7, 11) is 0. The molecule has 3 atom stereocenters. The van der Waals surface area contributed by atoms with Gasteiger partial charge in [-0.15, -0.1) is 0 Å². The van der Waals surface area contributed by atoms with Gasteiger partial charge in [0.25, 0.3) is 11.8 Å². The summed E-state index contributed by atoms with van der Waals surface area (Å²) in [6.45, 7) is 9.34. The van der Waals surface area contributed by atoms with Crippen LogP contribution in [0.2, 0.25) is 0 Å². The van der Waals surface area contributed by atoms with Crippen LogP contribution < -0.4 is 16.0 Å². The normalized spacial score (nSPS) is 14.1. The molecule has 2 aromatic rings. The fraction of sp³-hybridized carbons (Fsp3) is 0.462. The molecule has 0 bridgehead atoms. The lowest BCUT2D eigenvalue weighted by Crippen LogP contribution is -2.58. The second-order valence-corrected chi connectivity index (χ2v) is 9.89. The van der Waals surface area contributed by atoms with Crippen LogP contribution in [0.25, 0.3) is 0 Å². The molecule has 8 heteroatoms. The number of hydrogen-bond donors (Lipinski definition) is 4. The van der Waals surface area contributed by atoms with Crippen LogP contribution in [-0.2, 0) is 16.0 Å². The van der Waals surface area contributed by atoms with E-state index in [1.807, 2.05) is 65.0 Å². The molecule has 1 aromatic carbocycles. The summed E-state index contributed by atoms with van der Waals surface area (Å²) in [5.74, 6) is -1.34. The molecular formula is C26H36N4O4. The Hall–Kier alpha value is -3.26. The highest BCUT2D eigenvalue weighted by molar-refractivity contribution is 5.97. The first-order valence-corrected chi connectivity index (χ1v) is 11.5. The van der Waals surface area contributed by atoms with Crippen molar-refractivity contribution in [1.29, 1.82) is 0 Å². The van der Waals surface area contributed by atoms with E-state index in [9.17, 15) is 19.5 Å². The highest BCUT2D eigenvalue weighted by Crippen LogP contribution is 2.12. The van der Waals surface area contributed by atoms with Crippen LogP contribution >= 0.6 is 0 Å². The average molecular weight is 469 g/mol. The summed E-state index contributed by atoms with van der Waals surface area (Å²) in [5.41, 5.74) is 0.654. The molecule has 184 valence electrons. The van der Waals surface area contributed by atoms with Gasteiger partial charge in [0, 0.05) is 17.9 Å². The fourth-order valence-corrected chi connectivity index (χ4v) is 3.46. The number of nitrogens with zero attached hydrogens (tertiary/aromatic N) is 1. The minimum absolute atomic E-state index is 0.117. The van der Waals surface area contributed by atoms with Crippen molar-refractivity contribution in [2.24, 2.45) is 5.92 Å². The number of nitrogens with one attached hydrogen (secondary N) is 3. The summed E-state index contributed by atoms with van der Waals surface area (Å²) in [6, 6.07) is 10.8. The van der Waals surface area contributed by atoms with E-state index in [1.54, 1.807) is 18.3 Å². The third-order valence-electron chi connectivity index (χ3n) is 5.03. The van der Waals surface area contributed by atoms with Gasteiger partial charge in [0.05, 0.1) is 11.6 Å². The number of aliphatic hydroxyl groups is 1. The fourth-order valence-electron chi connectivity index (χ4n) is 3.46. The van der Waals surface area contributed by atoms with Gasteiger partial charge in [-0.2, -0.15) is 0 Å². The lowest BCUT2D eigenvalue weighted by atomic mass is 9.97. The molecule has 8 nitrogen and oxygen atoms in total. The first-order chi connectivity index (χ1) is 16.0. The van der Waals surface area contributed by atoms with Gasteiger partial charge in [-0.25, -0.2) is 0 Å². The van der Waals surface area contributed by atoms with Crippen molar-refractivity contribution in [2.75, 3.05) is 0 Å². The molecule has 0 saturated heterocycles. The zero-order chi connectivity index (χ0) is 25.3. The summed E-state index contributed by atoms with van der Waals surface area (Å²) in [4.78, 5) is 42.6. The molecule has 3 amide bonds. The average Bonchev–Trinajstić information content (AvgIpc) is 2.77. The lowest BCUT2D eigenvalue weighted by Gasteiger charge is -2.29. The van der Waals surface area contributed by atoms with Gasteiger partial charge < -0.3 is 21.1 Å². The van der Waals surface area contributed by atoms with Crippen LogP contribution in [0.15, 0.2) is 54.9 Å². The molecule has 0 aliphatic carbocycles. The predicted molar refractivity (Wildman–Crippen MR) is 131 cm³/mol. The Balaban J connectivity index is 2.23. The predicted octanol–water partition coefficient (Wildman–Crippen LogP) is 2.23. The molecule has 2 rings (SSSR count). The second-order valence-electron chi connectivity index (χ2n) is 9.89. The molecular weight excluding hydrogens is 432 g/mol. The Morgan fingerprint density at radius 1 is 0.971 bits per heavy atom. The molecule has 0 saturated carbocycles. The number of pyridine rings is 1. The van der Waals surface area contributed by atoms with Gasteiger partial charge in [0.15, 0.2) is 6.10 Å². The molecule has 0 radical (unpaired) electrons. The SMILES string of the molecule is CC(C)CC(NC(=O)c1cccnc1)C(=O)NC(Cc1ccccc1)C(O)C(=O)NC(C)(C)C. The van der Waals surface area contributed by atoms with Crippen LogP contribution in [0.1, 0.15) is 57.0 Å². The zero-order valence-electron chi connectivity index (χ0n) is 20.5. The summed E-state index contributed by atoms with van der Waals surface area (Å²) in [5, 5.41) is 19.2. The number of hydrogen-bond acceptors (Lipinski definition) is 5. The smallest absolute Gasteiger partial charge is 0.253 e. The first kappa shape index (κ1) is 27.0. The Labute approximate surface area is 201 Å². The summed E-state index contributed by atoms with van der Waals surface area (Å²) < 4.78 is 0. The number of carbonyl (C=O) groups excluding carboxylic acids is 3. The van der Waals surface area contributed by atoms with Crippen LogP contribution in [-0.4, -0.2) is 51.5 Å². The van der Waals surface area contributed by atoms with Crippen molar-refractivity contribution >= 4 is 17.7 Å². The van der Waals surface area contributed by atoms with Crippen molar-refractivity contribution in [3.05, 3.63) is 66.0 Å². The van der Waals surface area contributed by atoms with E-state index in [2.05, 4.69) is 20.9 Å². The Bertz CT molecular complexity index is 942. The number of carbonyl (C=O) groups is 3. The third kappa shape index (κ3) is 8.94. The van der Waals surface area contributed by atoms with Crippen molar-refractivity contribution in [2.45, 2.75) is 71.2 Å². The van der Waals surface area contributed by atoms with Gasteiger partial charge in [0.1, 0.15) is 6.04 Å². The van der Waals surface area contributed by atoms with E-state index in [-0.39, 0.29) is 12.3 Å². The van der Waals surface area contributed by atoms with Gasteiger partial charge >= 0.3 is 0 Å². The van der Waals surface area contributed by atoms with E-state index >= 15 is 0 Å². The maximum Gasteiger partial charge on any atom is 0.253 e. The van der Waals surface area contributed by atoms with Crippen molar-refractivity contribution in [3.63, 3.8) is 0 Å². The second kappa shape index (κ2) is 12.3. The van der Waals surface area contributed by atoms with Crippen LogP contribution in [0.5, 0.6) is 0 Å². The largest absolute Gasteiger partial charge is 0.381 e. The molecule has 0 fully saturated rings. The maximum absolute atomic E-state index is 13.3. The highest BCUT2D eigenvalue weighted by Gasteiger charge is 2.32. The van der Waals surface area contributed by atoms with Gasteiger partial charge in [-0.1, -0.05) is 44.2 Å². The van der Waals surface area contributed by atoms with E-state index in [1.165, 1.54) is 6.20 Å². The number of aromatic nitrogens is 1. The summed E-state index contributed by atoms with van der Waals surface area (Å²) in [6.07, 6.45) is 2.15. The summed E-state index contributed by atoms with van der Waals surface area (Å²) >= 11 is 0. The standard InChI is InChI=1S/C26H36N4O4/c1-17(2)14-21(29-23(32)19-12-9-13-27-16-19)24(33)28-20(15-18-10-7-6-8-11-18)22(31)25(34)30-26(3,4)5/h6-13,16-17,20-22,31H,14-15H2,1-5H3,(H,28,33)(H,29,32)(H,30,34). The minimum Gasteiger partial charge on any atom is -0.381 e. The van der Waals surface area contributed by atoms with Gasteiger partial charge in [-0.05, 0) is 57.2 Å².